The van der Waals surface area contributed by atoms with Gasteiger partial charge in [-0.3, -0.25) is 4.79 Å². The summed E-state index contributed by atoms with van der Waals surface area (Å²) in [5.41, 5.74) is 0.823. The topological polar surface area (TPSA) is 20.3 Å². The number of fused-ring (bicyclic) bond motifs is 1. The van der Waals surface area contributed by atoms with E-state index in [0.29, 0.717) is 18.5 Å². The average Bonchev–Trinajstić information content (AvgIpc) is 2.23. The fourth-order valence-corrected chi connectivity index (χ4v) is 1.93. The molecule has 0 N–H and O–H groups in total. The van der Waals surface area contributed by atoms with Gasteiger partial charge in [0.2, 0.25) is 5.91 Å². The molecule has 0 aliphatic carbocycles. The van der Waals surface area contributed by atoms with Crippen LogP contribution < -0.4 is 4.90 Å². The second-order valence-electron chi connectivity index (χ2n) is 3.64. The monoisotopic (exact) mass is 211 g/mol. The molecular weight excluding hydrogens is 200 g/mol. The molecular formula is C11H11F2NO. The van der Waals surface area contributed by atoms with E-state index >= 15 is 0 Å². The van der Waals surface area contributed by atoms with Crippen LogP contribution in [0.2, 0.25) is 0 Å². The lowest BCUT2D eigenvalue weighted by molar-refractivity contribution is -0.116. The first-order valence-corrected chi connectivity index (χ1v) is 4.86. The van der Waals surface area contributed by atoms with Gasteiger partial charge in [0.1, 0.15) is 0 Å². The molecule has 0 unspecified atom stereocenters. The fourth-order valence-electron chi connectivity index (χ4n) is 1.93. The normalized spacial score (nSPS) is 15.0. The number of anilines is 1. The van der Waals surface area contributed by atoms with Gasteiger partial charge in [0.05, 0.1) is 5.69 Å². The van der Waals surface area contributed by atoms with Gasteiger partial charge in [-0.05, 0) is 24.5 Å². The molecule has 1 heterocycles. The van der Waals surface area contributed by atoms with Crippen molar-refractivity contribution in [2.75, 3.05) is 11.4 Å². The fraction of sp³-hybridized carbons (Fsp3) is 0.364. The van der Waals surface area contributed by atoms with Crippen molar-refractivity contribution >= 4 is 11.6 Å². The van der Waals surface area contributed by atoms with Crippen LogP contribution in [0.5, 0.6) is 0 Å². The number of halogens is 2. The molecule has 2 rings (SSSR count). The molecule has 1 amide bonds. The first-order valence-electron chi connectivity index (χ1n) is 4.86. The average molecular weight is 211 g/mol. The zero-order chi connectivity index (χ0) is 11.0. The van der Waals surface area contributed by atoms with E-state index in [2.05, 4.69) is 0 Å². The predicted molar refractivity (Wildman–Crippen MR) is 52.7 cm³/mol. The Balaban J connectivity index is 2.58. The molecule has 0 aromatic heterocycles. The summed E-state index contributed by atoms with van der Waals surface area (Å²) in [6.45, 7) is 1.82. The highest BCUT2D eigenvalue weighted by Gasteiger charge is 2.25. The van der Waals surface area contributed by atoms with Gasteiger partial charge in [-0.2, -0.15) is 0 Å². The van der Waals surface area contributed by atoms with E-state index in [1.54, 1.807) is 6.07 Å². The van der Waals surface area contributed by atoms with Crippen molar-refractivity contribution in [2.45, 2.75) is 19.8 Å². The van der Waals surface area contributed by atoms with E-state index in [4.69, 9.17) is 0 Å². The number of carbonyl (C=O) groups is 1. The summed E-state index contributed by atoms with van der Waals surface area (Å²) < 4.78 is 26.6. The number of carbonyl (C=O) groups excluding carboxylic acids is 1. The molecule has 0 saturated heterocycles. The third-order valence-electron chi connectivity index (χ3n) is 2.63. The van der Waals surface area contributed by atoms with Crippen LogP contribution in [0.3, 0.4) is 0 Å². The van der Waals surface area contributed by atoms with Crippen LogP contribution in [0.25, 0.3) is 0 Å². The molecule has 2 nitrogen and oxygen atoms in total. The second kappa shape index (κ2) is 3.61. The summed E-state index contributed by atoms with van der Waals surface area (Å²) in [5.74, 6) is -2.07. The lowest BCUT2D eigenvalue weighted by Gasteiger charge is -2.28. The SMILES string of the molecule is CC(=O)N1CCCc2ccc(F)c(F)c21. The summed E-state index contributed by atoms with van der Waals surface area (Å²) in [6, 6.07) is 2.65. The molecule has 1 aliphatic heterocycles. The first kappa shape index (κ1) is 10.1. The van der Waals surface area contributed by atoms with E-state index < -0.39 is 11.6 Å². The molecule has 0 fully saturated rings. The van der Waals surface area contributed by atoms with Crippen molar-refractivity contribution in [1.82, 2.24) is 0 Å². The molecule has 1 aromatic carbocycles. The molecule has 0 radical (unpaired) electrons. The van der Waals surface area contributed by atoms with Crippen LogP contribution in [0.1, 0.15) is 18.9 Å². The lowest BCUT2D eigenvalue weighted by Crippen LogP contribution is -2.34. The minimum absolute atomic E-state index is 0.119. The van der Waals surface area contributed by atoms with Crippen LogP contribution >= 0.6 is 0 Å². The molecule has 0 spiro atoms. The molecule has 15 heavy (non-hydrogen) atoms. The smallest absolute Gasteiger partial charge is 0.223 e. The number of benzene rings is 1. The van der Waals surface area contributed by atoms with Crippen molar-refractivity contribution in [3.05, 3.63) is 29.3 Å². The number of aryl methyl sites for hydroxylation is 1. The molecule has 1 aliphatic rings. The quantitative estimate of drug-likeness (QED) is 0.644. The maximum atomic E-state index is 13.5. The number of rotatable bonds is 0. The number of nitrogens with zero attached hydrogens (tertiary/aromatic N) is 1. The summed E-state index contributed by atoms with van der Waals surface area (Å²) >= 11 is 0. The van der Waals surface area contributed by atoms with Crippen LogP contribution in [-0.2, 0) is 11.2 Å². The van der Waals surface area contributed by atoms with E-state index in [1.807, 2.05) is 0 Å². The summed E-state index contributed by atoms with van der Waals surface area (Å²) in [7, 11) is 0. The predicted octanol–water partition coefficient (Wildman–Crippen LogP) is 2.26. The number of amides is 1. The lowest BCUT2D eigenvalue weighted by atomic mass is 10.0. The molecule has 0 bridgehead atoms. The maximum Gasteiger partial charge on any atom is 0.223 e. The Morgan fingerprint density at radius 1 is 1.40 bits per heavy atom. The molecule has 80 valence electrons. The van der Waals surface area contributed by atoms with Crippen LogP contribution in [0, 0.1) is 11.6 Å². The maximum absolute atomic E-state index is 13.5. The van der Waals surface area contributed by atoms with Crippen LogP contribution in [0.15, 0.2) is 12.1 Å². The van der Waals surface area contributed by atoms with Gasteiger partial charge in [0.25, 0.3) is 0 Å². The number of hydrogen-bond donors (Lipinski definition) is 0. The van der Waals surface area contributed by atoms with Crippen molar-refractivity contribution in [3.63, 3.8) is 0 Å². The van der Waals surface area contributed by atoms with Crippen molar-refractivity contribution in [3.8, 4) is 0 Å². The number of hydrogen-bond acceptors (Lipinski definition) is 1. The van der Waals surface area contributed by atoms with Gasteiger partial charge in [0, 0.05) is 13.5 Å². The van der Waals surface area contributed by atoms with Gasteiger partial charge in [-0.25, -0.2) is 8.78 Å². The minimum atomic E-state index is -0.914. The highest BCUT2D eigenvalue weighted by molar-refractivity contribution is 5.92. The molecule has 4 heteroatoms. The summed E-state index contributed by atoms with van der Waals surface area (Å²) in [5, 5.41) is 0. The summed E-state index contributed by atoms with van der Waals surface area (Å²) in [6.07, 6.45) is 1.48. The van der Waals surface area contributed by atoms with Gasteiger partial charge in [-0.15, -0.1) is 0 Å². The molecule has 1 aromatic rings. The Hall–Kier alpha value is -1.45. The van der Waals surface area contributed by atoms with Crippen molar-refractivity contribution in [1.29, 1.82) is 0 Å². The Labute approximate surface area is 86.5 Å². The standard InChI is InChI=1S/C11H11F2NO/c1-7(15)14-6-2-3-8-4-5-9(12)10(13)11(8)14/h4-5H,2-3,6H2,1H3. The Bertz CT molecular complexity index is 417. The van der Waals surface area contributed by atoms with Crippen LogP contribution in [-0.4, -0.2) is 12.5 Å². The zero-order valence-corrected chi connectivity index (χ0v) is 8.39. The molecule has 0 atom stereocenters. The van der Waals surface area contributed by atoms with Crippen molar-refractivity contribution in [2.24, 2.45) is 0 Å². The van der Waals surface area contributed by atoms with Gasteiger partial charge >= 0.3 is 0 Å². The summed E-state index contributed by atoms with van der Waals surface area (Å²) in [4.78, 5) is 12.6. The van der Waals surface area contributed by atoms with Crippen molar-refractivity contribution < 1.29 is 13.6 Å². The first-order chi connectivity index (χ1) is 7.11. The van der Waals surface area contributed by atoms with Gasteiger partial charge in [0.15, 0.2) is 11.6 Å². The second-order valence-corrected chi connectivity index (χ2v) is 3.64. The van der Waals surface area contributed by atoms with E-state index in [1.165, 1.54) is 11.8 Å². The zero-order valence-electron chi connectivity index (χ0n) is 8.39. The van der Waals surface area contributed by atoms with E-state index in [9.17, 15) is 13.6 Å². The Kier molecular flexibility index (Phi) is 2.42. The van der Waals surface area contributed by atoms with Gasteiger partial charge in [-0.1, -0.05) is 6.07 Å². The van der Waals surface area contributed by atoms with Gasteiger partial charge < -0.3 is 4.90 Å². The largest absolute Gasteiger partial charge is 0.310 e. The third-order valence-corrected chi connectivity index (χ3v) is 2.63. The highest BCUT2D eigenvalue weighted by Crippen LogP contribution is 2.31. The van der Waals surface area contributed by atoms with E-state index in [-0.39, 0.29) is 11.6 Å². The Morgan fingerprint density at radius 3 is 2.80 bits per heavy atom. The molecule has 0 saturated carbocycles. The van der Waals surface area contributed by atoms with Crippen LogP contribution in [0.4, 0.5) is 14.5 Å². The highest BCUT2D eigenvalue weighted by atomic mass is 19.2. The minimum Gasteiger partial charge on any atom is -0.310 e. The third kappa shape index (κ3) is 1.60. The Morgan fingerprint density at radius 2 is 2.13 bits per heavy atom. The van der Waals surface area contributed by atoms with E-state index in [0.717, 1.165) is 12.5 Å².